The van der Waals surface area contributed by atoms with Crippen molar-refractivity contribution in [2.45, 2.75) is 65.3 Å². The standard InChI is InChI=1S/C9H18O2.C2H6/c1-8(2)11-9(10-3)6-4-5-7-9;1-2/h8H,4-7H2,1-3H3;1-2H3. The van der Waals surface area contributed by atoms with E-state index >= 15 is 0 Å². The molecule has 1 aliphatic rings. The van der Waals surface area contributed by atoms with Gasteiger partial charge < -0.3 is 9.47 Å². The Morgan fingerprint density at radius 2 is 1.54 bits per heavy atom. The van der Waals surface area contributed by atoms with Gasteiger partial charge in [-0.1, -0.05) is 13.8 Å². The molecule has 1 saturated carbocycles. The second-order valence-corrected chi connectivity index (χ2v) is 3.49. The summed E-state index contributed by atoms with van der Waals surface area (Å²) in [4.78, 5) is 0. The summed E-state index contributed by atoms with van der Waals surface area (Å²) in [5, 5.41) is 0. The average Bonchev–Trinajstić information content (AvgIpc) is 2.56. The first kappa shape index (κ1) is 12.9. The highest BCUT2D eigenvalue weighted by molar-refractivity contribution is 4.77. The van der Waals surface area contributed by atoms with E-state index in [0.717, 1.165) is 12.8 Å². The van der Waals surface area contributed by atoms with Crippen LogP contribution in [0.4, 0.5) is 0 Å². The summed E-state index contributed by atoms with van der Waals surface area (Å²) in [6, 6.07) is 0. The molecule has 0 amide bonds. The second-order valence-electron chi connectivity index (χ2n) is 3.49. The van der Waals surface area contributed by atoms with Crippen molar-refractivity contribution in [2.24, 2.45) is 0 Å². The average molecular weight is 188 g/mol. The zero-order valence-electron chi connectivity index (χ0n) is 9.72. The first-order valence-electron chi connectivity index (χ1n) is 5.41. The number of rotatable bonds is 3. The molecule has 13 heavy (non-hydrogen) atoms. The molecule has 1 fully saturated rings. The van der Waals surface area contributed by atoms with Crippen molar-refractivity contribution in [3.63, 3.8) is 0 Å². The van der Waals surface area contributed by atoms with Crippen molar-refractivity contribution in [2.75, 3.05) is 7.11 Å². The zero-order valence-corrected chi connectivity index (χ0v) is 9.72. The van der Waals surface area contributed by atoms with Gasteiger partial charge in [-0.3, -0.25) is 0 Å². The van der Waals surface area contributed by atoms with Crippen LogP contribution in [-0.2, 0) is 9.47 Å². The molecular weight excluding hydrogens is 164 g/mol. The molecule has 0 unspecified atom stereocenters. The molecule has 80 valence electrons. The van der Waals surface area contributed by atoms with Gasteiger partial charge in [0.05, 0.1) is 6.10 Å². The molecule has 0 aromatic heterocycles. The highest BCUT2D eigenvalue weighted by Crippen LogP contribution is 2.34. The van der Waals surface area contributed by atoms with Gasteiger partial charge in [-0.05, 0) is 26.7 Å². The van der Waals surface area contributed by atoms with E-state index in [9.17, 15) is 0 Å². The fourth-order valence-corrected chi connectivity index (χ4v) is 1.71. The van der Waals surface area contributed by atoms with E-state index in [1.807, 2.05) is 13.8 Å². The fourth-order valence-electron chi connectivity index (χ4n) is 1.71. The predicted molar refractivity (Wildman–Crippen MR) is 55.8 cm³/mol. The quantitative estimate of drug-likeness (QED) is 0.632. The largest absolute Gasteiger partial charge is 0.353 e. The van der Waals surface area contributed by atoms with Gasteiger partial charge in [0.2, 0.25) is 0 Å². The first-order chi connectivity index (χ1) is 6.18. The Labute approximate surface area is 82.6 Å². The summed E-state index contributed by atoms with van der Waals surface area (Å²) in [5.41, 5.74) is 0. The summed E-state index contributed by atoms with van der Waals surface area (Å²) >= 11 is 0. The topological polar surface area (TPSA) is 18.5 Å². The van der Waals surface area contributed by atoms with Crippen molar-refractivity contribution < 1.29 is 9.47 Å². The molecule has 0 bridgehead atoms. The third-order valence-corrected chi connectivity index (χ3v) is 2.19. The van der Waals surface area contributed by atoms with Crippen LogP contribution < -0.4 is 0 Å². The minimum Gasteiger partial charge on any atom is -0.353 e. The molecule has 0 N–H and O–H groups in total. The van der Waals surface area contributed by atoms with Crippen LogP contribution in [0.15, 0.2) is 0 Å². The van der Waals surface area contributed by atoms with Crippen molar-refractivity contribution in [1.82, 2.24) is 0 Å². The molecule has 0 heterocycles. The Kier molecular flexibility index (Phi) is 6.35. The van der Waals surface area contributed by atoms with Gasteiger partial charge in [0.25, 0.3) is 0 Å². The number of ether oxygens (including phenoxy) is 2. The van der Waals surface area contributed by atoms with Crippen LogP contribution in [0.1, 0.15) is 53.4 Å². The van der Waals surface area contributed by atoms with Gasteiger partial charge in [-0.2, -0.15) is 0 Å². The van der Waals surface area contributed by atoms with Crippen molar-refractivity contribution in [3.8, 4) is 0 Å². The summed E-state index contributed by atoms with van der Waals surface area (Å²) in [7, 11) is 1.74. The minimum absolute atomic E-state index is 0.242. The van der Waals surface area contributed by atoms with E-state index in [-0.39, 0.29) is 11.9 Å². The van der Waals surface area contributed by atoms with Gasteiger partial charge in [-0.25, -0.2) is 0 Å². The molecule has 0 saturated heterocycles. The third kappa shape index (κ3) is 4.10. The van der Waals surface area contributed by atoms with Crippen molar-refractivity contribution in [1.29, 1.82) is 0 Å². The lowest BCUT2D eigenvalue weighted by atomic mass is 10.2. The maximum atomic E-state index is 5.73. The van der Waals surface area contributed by atoms with Crippen LogP contribution in [0.25, 0.3) is 0 Å². The summed E-state index contributed by atoms with van der Waals surface area (Å²) < 4.78 is 11.1. The van der Waals surface area contributed by atoms with Gasteiger partial charge in [0.15, 0.2) is 5.79 Å². The molecule has 1 rings (SSSR count). The van der Waals surface area contributed by atoms with E-state index in [2.05, 4.69) is 13.8 Å². The van der Waals surface area contributed by atoms with Gasteiger partial charge in [0, 0.05) is 20.0 Å². The predicted octanol–water partition coefficient (Wildman–Crippen LogP) is 3.35. The van der Waals surface area contributed by atoms with Crippen LogP contribution >= 0.6 is 0 Å². The molecule has 0 aromatic carbocycles. The molecule has 0 spiro atoms. The summed E-state index contributed by atoms with van der Waals surface area (Å²) in [5.74, 6) is -0.242. The highest BCUT2D eigenvalue weighted by atomic mass is 16.7. The smallest absolute Gasteiger partial charge is 0.168 e. The third-order valence-electron chi connectivity index (χ3n) is 2.19. The van der Waals surface area contributed by atoms with Gasteiger partial charge >= 0.3 is 0 Å². The Morgan fingerprint density at radius 1 is 1.08 bits per heavy atom. The van der Waals surface area contributed by atoms with Crippen molar-refractivity contribution in [3.05, 3.63) is 0 Å². The monoisotopic (exact) mass is 188 g/mol. The molecule has 0 aliphatic heterocycles. The van der Waals surface area contributed by atoms with E-state index < -0.39 is 0 Å². The lowest BCUT2D eigenvalue weighted by molar-refractivity contribution is -0.235. The molecular formula is C11H24O2. The normalized spacial score (nSPS) is 19.8. The Hall–Kier alpha value is -0.0800. The van der Waals surface area contributed by atoms with Crippen LogP contribution in [0.5, 0.6) is 0 Å². The molecule has 0 atom stereocenters. The van der Waals surface area contributed by atoms with Gasteiger partial charge in [-0.15, -0.1) is 0 Å². The van der Waals surface area contributed by atoms with Crippen LogP contribution in [0.3, 0.4) is 0 Å². The molecule has 1 aliphatic carbocycles. The molecule has 2 nitrogen and oxygen atoms in total. The van der Waals surface area contributed by atoms with Gasteiger partial charge in [0.1, 0.15) is 0 Å². The van der Waals surface area contributed by atoms with E-state index in [4.69, 9.17) is 9.47 Å². The number of hydrogen-bond donors (Lipinski definition) is 0. The minimum atomic E-state index is -0.242. The molecule has 0 aromatic rings. The molecule has 2 heteroatoms. The summed E-state index contributed by atoms with van der Waals surface area (Å²) in [6.45, 7) is 8.11. The van der Waals surface area contributed by atoms with Crippen molar-refractivity contribution >= 4 is 0 Å². The van der Waals surface area contributed by atoms with Crippen LogP contribution in [0.2, 0.25) is 0 Å². The van der Waals surface area contributed by atoms with E-state index in [0.29, 0.717) is 0 Å². The maximum absolute atomic E-state index is 5.73. The highest BCUT2D eigenvalue weighted by Gasteiger charge is 2.35. The van der Waals surface area contributed by atoms with Crippen LogP contribution in [0, 0.1) is 0 Å². The fraction of sp³-hybridized carbons (Fsp3) is 1.00. The summed E-state index contributed by atoms with van der Waals surface area (Å²) in [6.07, 6.45) is 4.86. The Morgan fingerprint density at radius 3 is 1.85 bits per heavy atom. The first-order valence-corrected chi connectivity index (χ1v) is 5.41. The Bertz CT molecular complexity index is 115. The lowest BCUT2D eigenvalue weighted by Crippen LogP contribution is -2.33. The SMILES string of the molecule is CC.COC1(OC(C)C)CCCC1. The molecule has 0 radical (unpaired) electrons. The lowest BCUT2D eigenvalue weighted by Gasteiger charge is -2.29. The number of hydrogen-bond acceptors (Lipinski definition) is 2. The maximum Gasteiger partial charge on any atom is 0.168 e. The Balaban J connectivity index is 0.000000671. The number of methoxy groups -OCH3 is 1. The van der Waals surface area contributed by atoms with Crippen LogP contribution in [-0.4, -0.2) is 19.0 Å². The van der Waals surface area contributed by atoms with E-state index in [1.54, 1.807) is 7.11 Å². The van der Waals surface area contributed by atoms with E-state index in [1.165, 1.54) is 12.8 Å². The zero-order chi connectivity index (χ0) is 10.3. The second kappa shape index (κ2) is 6.39.